The van der Waals surface area contributed by atoms with Gasteiger partial charge in [0.15, 0.2) is 11.5 Å². The molecule has 0 spiro atoms. The van der Waals surface area contributed by atoms with E-state index in [1.165, 1.54) is 0 Å². The van der Waals surface area contributed by atoms with Gasteiger partial charge in [0.05, 0.1) is 0 Å². The molecule has 1 aromatic carbocycles. The van der Waals surface area contributed by atoms with Crippen LogP contribution in [0.25, 0.3) is 0 Å². The Balaban J connectivity index is 1.52. The van der Waals surface area contributed by atoms with E-state index in [4.69, 9.17) is 9.47 Å². The van der Waals surface area contributed by atoms with E-state index in [2.05, 4.69) is 23.8 Å². The molecule has 1 saturated heterocycles. The summed E-state index contributed by atoms with van der Waals surface area (Å²) in [6, 6.07) is 6.10. The van der Waals surface area contributed by atoms with E-state index in [0.717, 1.165) is 55.6 Å². The molecule has 2 fully saturated rings. The van der Waals surface area contributed by atoms with Gasteiger partial charge < -0.3 is 9.47 Å². The molecule has 4 rings (SSSR count). The smallest absolute Gasteiger partial charge is 0.279 e. The van der Waals surface area contributed by atoms with E-state index in [1.54, 1.807) is 4.31 Å². The predicted octanol–water partition coefficient (Wildman–Crippen LogP) is 2.84. The molecule has 7 heteroatoms. The lowest BCUT2D eigenvalue weighted by molar-refractivity contribution is 0.171. The molecule has 150 valence electrons. The molecular weight excluding hydrogens is 364 g/mol. The monoisotopic (exact) mass is 394 g/mol. The first-order chi connectivity index (χ1) is 13.0. The van der Waals surface area contributed by atoms with Crippen LogP contribution in [0, 0.1) is 5.92 Å². The van der Waals surface area contributed by atoms with Crippen LogP contribution >= 0.6 is 0 Å². The molecule has 1 atom stereocenters. The van der Waals surface area contributed by atoms with Gasteiger partial charge in [-0.25, -0.2) is 4.72 Å². The second-order valence-electron chi connectivity index (χ2n) is 8.28. The summed E-state index contributed by atoms with van der Waals surface area (Å²) in [6.07, 6.45) is 6.27. The molecule has 1 aromatic rings. The van der Waals surface area contributed by atoms with E-state index < -0.39 is 10.2 Å². The van der Waals surface area contributed by atoms with Crippen molar-refractivity contribution in [2.24, 2.45) is 5.92 Å². The molecule has 0 amide bonds. The van der Waals surface area contributed by atoms with Gasteiger partial charge in [-0.15, -0.1) is 0 Å². The SMILES string of the molecule is C[C@H]1CCCN(S(=O)(=O)NCC2(c3ccc4c(c3)OCCO4)CCCC2)C1. The van der Waals surface area contributed by atoms with E-state index in [0.29, 0.717) is 38.8 Å². The van der Waals surface area contributed by atoms with Crippen LogP contribution in [0.5, 0.6) is 11.5 Å². The van der Waals surface area contributed by atoms with Crippen LogP contribution in [-0.2, 0) is 15.6 Å². The Bertz CT molecular complexity index is 774. The number of hydrogen-bond donors (Lipinski definition) is 1. The molecular formula is C20H30N2O4S. The molecule has 6 nitrogen and oxygen atoms in total. The summed E-state index contributed by atoms with van der Waals surface area (Å²) in [5, 5.41) is 0. The summed E-state index contributed by atoms with van der Waals surface area (Å²) in [5.41, 5.74) is 0.989. The molecule has 0 radical (unpaired) electrons. The zero-order valence-corrected chi connectivity index (χ0v) is 16.9. The van der Waals surface area contributed by atoms with Gasteiger partial charge in [0.2, 0.25) is 0 Å². The van der Waals surface area contributed by atoms with Gasteiger partial charge in [-0.2, -0.15) is 12.7 Å². The first-order valence-electron chi connectivity index (χ1n) is 10.1. The van der Waals surface area contributed by atoms with Gasteiger partial charge >= 0.3 is 0 Å². The molecule has 2 heterocycles. The van der Waals surface area contributed by atoms with Crippen LogP contribution in [0.15, 0.2) is 18.2 Å². The summed E-state index contributed by atoms with van der Waals surface area (Å²) >= 11 is 0. The van der Waals surface area contributed by atoms with Crippen LogP contribution < -0.4 is 14.2 Å². The van der Waals surface area contributed by atoms with Crippen molar-refractivity contribution in [3.05, 3.63) is 23.8 Å². The number of benzene rings is 1. The molecule has 2 aliphatic heterocycles. The van der Waals surface area contributed by atoms with Crippen molar-refractivity contribution >= 4 is 10.2 Å². The number of fused-ring (bicyclic) bond motifs is 1. The van der Waals surface area contributed by atoms with Gasteiger partial charge in [-0.1, -0.05) is 25.8 Å². The maximum absolute atomic E-state index is 12.9. The molecule has 0 unspecified atom stereocenters. The van der Waals surface area contributed by atoms with Crippen molar-refractivity contribution in [2.45, 2.75) is 50.9 Å². The summed E-state index contributed by atoms with van der Waals surface area (Å²) in [7, 11) is -3.44. The van der Waals surface area contributed by atoms with Gasteiger partial charge in [0.1, 0.15) is 13.2 Å². The minimum absolute atomic E-state index is 0.162. The van der Waals surface area contributed by atoms with Crippen molar-refractivity contribution in [2.75, 3.05) is 32.8 Å². The Morgan fingerprint density at radius 3 is 2.63 bits per heavy atom. The number of nitrogens with zero attached hydrogens (tertiary/aromatic N) is 1. The zero-order valence-electron chi connectivity index (χ0n) is 16.1. The van der Waals surface area contributed by atoms with Crippen LogP contribution in [0.2, 0.25) is 0 Å². The molecule has 1 saturated carbocycles. The normalized spacial score (nSPS) is 25.4. The fourth-order valence-electron chi connectivity index (χ4n) is 4.68. The summed E-state index contributed by atoms with van der Waals surface area (Å²) in [5.74, 6) is 1.98. The number of piperidine rings is 1. The summed E-state index contributed by atoms with van der Waals surface area (Å²) in [4.78, 5) is 0. The third-order valence-corrected chi connectivity index (χ3v) is 7.79. The lowest BCUT2D eigenvalue weighted by Crippen LogP contribution is -2.49. The lowest BCUT2D eigenvalue weighted by Gasteiger charge is -2.34. The number of nitrogens with one attached hydrogen (secondary N) is 1. The van der Waals surface area contributed by atoms with Crippen molar-refractivity contribution in [3.8, 4) is 11.5 Å². The highest BCUT2D eigenvalue weighted by Crippen LogP contribution is 2.44. The molecule has 0 bridgehead atoms. The number of rotatable bonds is 5. The Morgan fingerprint density at radius 1 is 1.15 bits per heavy atom. The molecule has 3 aliphatic rings. The Morgan fingerprint density at radius 2 is 1.89 bits per heavy atom. The van der Waals surface area contributed by atoms with Crippen molar-refractivity contribution in [3.63, 3.8) is 0 Å². The second kappa shape index (κ2) is 7.60. The molecule has 1 N–H and O–H groups in total. The number of hydrogen-bond acceptors (Lipinski definition) is 4. The van der Waals surface area contributed by atoms with Crippen molar-refractivity contribution in [1.82, 2.24) is 9.03 Å². The lowest BCUT2D eigenvalue weighted by atomic mass is 9.79. The first kappa shape index (κ1) is 19.0. The van der Waals surface area contributed by atoms with Crippen LogP contribution in [0.4, 0.5) is 0 Å². The first-order valence-corrected chi connectivity index (χ1v) is 11.6. The zero-order chi connectivity index (χ0) is 18.9. The van der Waals surface area contributed by atoms with Crippen LogP contribution in [0.3, 0.4) is 0 Å². The van der Waals surface area contributed by atoms with E-state index in [-0.39, 0.29) is 5.41 Å². The van der Waals surface area contributed by atoms with Gasteiger partial charge in [-0.3, -0.25) is 0 Å². The Hall–Kier alpha value is -1.31. The minimum Gasteiger partial charge on any atom is -0.486 e. The maximum atomic E-state index is 12.9. The minimum atomic E-state index is -3.44. The Labute approximate surface area is 162 Å². The summed E-state index contributed by atoms with van der Waals surface area (Å²) in [6.45, 7) is 4.94. The van der Waals surface area contributed by atoms with Crippen molar-refractivity contribution < 1.29 is 17.9 Å². The van der Waals surface area contributed by atoms with Crippen LogP contribution in [0.1, 0.15) is 51.0 Å². The highest BCUT2D eigenvalue weighted by atomic mass is 32.2. The van der Waals surface area contributed by atoms with Gasteiger partial charge in [-0.05, 0) is 49.3 Å². The molecule has 1 aliphatic carbocycles. The fraction of sp³-hybridized carbons (Fsp3) is 0.700. The highest BCUT2D eigenvalue weighted by Gasteiger charge is 2.38. The average molecular weight is 395 g/mol. The highest BCUT2D eigenvalue weighted by molar-refractivity contribution is 7.87. The molecule has 27 heavy (non-hydrogen) atoms. The Kier molecular flexibility index (Phi) is 5.36. The second-order valence-corrected chi connectivity index (χ2v) is 10.0. The van der Waals surface area contributed by atoms with Crippen LogP contribution in [-0.4, -0.2) is 45.6 Å². The molecule has 0 aromatic heterocycles. The van der Waals surface area contributed by atoms with Gasteiger partial charge in [0, 0.05) is 25.0 Å². The summed E-state index contributed by atoms with van der Waals surface area (Å²) < 4.78 is 41.7. The number of ether oxygens (including phenoxy) is 2. The predicted molar refractivity (Wildman–Crippen MR) is 104 cm³/mol. The topological polar surface area (TPSA) is 67.9 Å². The standard InChI is InChI=1S/C20H30N2O4S/c1-16-5-4-10-22(14-16)27(23,24)21-15-20(8-2-3-9-20)17-6-7-18-19(13-17)26-12-11-25-18/h6-7,13,16,21H,2-5,8-12,14-15H2,1H3/t16-/m0/s1. The largest absolute Gasteiger partial charge is 0.486 e. The quantitative estimate of drug-likeness (QED) is 0.834. The van der Waals surface area contributed by atoms with E-state index in [9.17, 15) is 8.42 Å². The average Bonchev–Trinajstić information content (AvgIpc) is 3.16. The maximum Gasteiger partial charge on any atom is 0.279 e. The third kappa shape index (κ3) is 3.96. The van der Waals surface area contributed by atoms with Crippen molar-refractivity contribution in [1.29, 1.82) is 0 Å². The van der Waals surface area contributed by atoms with Gasteiger partial charge in [0.25, 0.3) is 10.2 Å². The fourth-order valence-corrected chi connectivity index (χ4v) is 6.14. The van der Waals surface area contributed by atoms with E-state index >= 15 is 0 Å². The van der Waals surface area contributed by atoms with E-state index in [1.807, 2.05) is 6.07 Å². The third-order valence-electron chi connectivity index (χ3n) is 6.27.